The molecule has 8 nitrogen and oxygen atoms in total. The standard InChI is InChI=1S/C36H48FN3O5/c1-4-8-27(9-5-2)40(28-12-13-30(37)24(3)20-28)34(42)23-39-22-29(25-11-14-32-26(21-25)16-19-45-32)35(36(43)44)31(39)15-18-38-17-7-6-10-33(38)41/h11-14,20-21,27,29,31,35H,4-10,15-19,22-23H2,1-3H3,(H,43,44)/t29-,31+,35?/m1/s1. The molecule has 0 saturated carbocycles. The molecule has 2 saturated heterocycles. The topological polar surface area (TPSA) is 90.4 Å². The molecule has 244 valence electrons. The summed E-state index contributed by atoms with van der Waals surface area (Å²) in [6.45, 7) is 8.15. The van der Waals surface area contributed by atoms with Gasteiger partial charge in [-0.2, -0.15) is 0 Å². The minimum atomic E-state index is -0.887. The van der Waals surface area contributed by atoms with Gasteiger partial charge in [0.15, 0.2) is 0 Å². The number of aliphatic carboxylic acids is 1. The maximum absolute atomic E-state index is 14.4. The molecule has 0 bridgehead atoms. The highest BCUT2D eigenvalue weighted by Gasteiger charge is 2.47. The second-order valence-corrected chi connectivity index (χ2v) is 13.0. The summed E-state index contributed by atoms with van der Waals surface area (Å²) in [5, 5.41) is 10.7. The van der Waals surface area contributed by atoms with Gasteiger partial charge >= 0.3 is 5.97 Å². The number of hydrogen-bond acceptors (Lipinski definition) is 5. The van der Waals surface area contributed by atoms with Gasteiger partial charge in [0.25, 0.3) is 0 Å². The van der Waals surface area contributed by atoms with E-state index in [1.165, 1.54) is 6.07 Å². The molecule has 0 radical (unpaired) electrons. The number of nitrogens with zero attached hydrogens (tertiary/aromatic N) is 3. The van der Waals surface area contributed by atoms with Crippen molar-refractivity contribution in [1.29, 1.82) is 0 Å². The first kappa shape index (κ1) is 32.9. The van der Waals surface area contributed by atoms with Gasteiger partial charge in [-0.05, 0) is 80.0 Å². The van der Waals surface area contributed by atoms with E-state index in [9.17, 15) is 23.9 Å². The van der Waals surface area contributed by atoms with Crippen LogP contribution < -0.4 is 9.64 Å². The van der Waals surface area contributed by atoms with Gasteiger partial charge in [0.05, 0.1) is 19.1 Å². The van der Waals surface area contributed by atoms with E-state index in [1.54, 1.807) is 19.1 Å². The number of anilines is 1. The Hall–Kier alpha value is -3.46. The molecule has 0 spiro atoms. The van der Waals surface area contributed by atoms with E-state index in [1.807, 2.05) is 26.8 Å². The highest BCUT2D eigenvalue weighted by molar-refractivity contribution is 5.95. The largest absolute Gasteiger partial charge is 0.493 e. The van der Waals surface area contributed by atoms with Crippen molar-refractivity contribution in [2.45, 2.75) is 96.6 Å². The molecule has 0 aromatic heterocycles. The van der Waals surface area contributed by atoms with Crippen LogP contribution in [-0.2, 0) is 20.8 Å². The van der Waals surface area contributed by atoms with E-state index >= 15 is 0 Å². The molecule has 3 aliphatic heterocycles. The first-order chi connectivity index (χ1) is 21.7. The summed E-state index contributed by atoms with van der Waals surface area (Å²) in [5.74, 6) is -1.40. The summed E-state index contributed by atoms with van der Waals surface area (Å²) in [4.78, 5) is 45.8. The van der Waals surface area contributed by atoms with Gasteiger partial charge in [-0.1, -0.05) is 38.8 Å². The Morgan fingerprint density at radius 1 is 1.09 bits per heavy atom. The predicted octanol–water partition coefficient (Wildman–Crippen LogP) is 5.94. The molecule has 2 fully saturated rings. The lowest BCUT2D eigenvalue weighted by Crippen LogP contribution is -2.49. The zero-order valence-corrected chi connectivity index (χ0v) is 27.0. The first-order valence-corrected chi connectivity index (χ1v) is 16.8. The number of carbonyl (C=O) groups is 3. The first-order valence-electron chi connectivity index (χ1n) is 16.8. The molecule has 3 aliphatic rings. The lowest BCUT2D eigenvalue weighted by atomic mass is 9.83. The van der Waals surface area contributed by atoms with Gasteiger partial charge in [-0.25, -0.2) is 4.39 Å². The molecular weight excluding hydrogens is 573 g/mol. The molecule has 2 aromatic carbocycles. The number of carboxylic acid groups (broad SMARTS) is 1. The van der Waals surface area contributed by atoms with E-state index in [4.69, 9.17) is 4.74 Å². The van der Waals surface area contributed by atoms with Crippen LogP contribution in [0.25, 0.3) is 0 Å². The van der Waals surface area contributed by atoms with Crippen LogP contribution in [0.15, 0.2) is 36.4 Å². The monoisotopic (exact) mass is 621 g/mol. The maximum atomic E-state index is 14.4. The third-order valence-electron chi connectivity index (χ3n) is 9.93. The Morgan fingerprint density at radius 3 is 2.56 bits per heavy atom. The van der Waals surface area contributed by atoms with Crippen LogP contribution in [0.3, 0.4) is 0 Å². The van der Waals surface area contributed by atoms with Gasteiger partial charge in [0, 0.05) is 56.2 Å². The van der Waals surface area contributed by atoms with Crippen molar-refractivity contribution >= 4 is 23.5 Å². The van der Waals surface area contributed by atoms with Crippen LogP contribution in [-0.4, -0.2) is 77.6 Å². The molecule has 0 aliphatic carbocycles. The fourth-order valence-corrected chi connectivity index (χ4v) is 7.67. The number of halogens is 1. The Morgan fingerprint density at radius 2 is 1.87 bits per heavy atom. The zero-order valence-electron chi connectivity index (χ0n) is 27.0. The number of aryl methyl sites for hydroxylation is 1. The van der Waals surface area contributed by atoms with E-state index in [-0.39, 0.29) is 36.1 Å². The predicted molar refractivity (Wildman–Crippen MR) is 172 cm³/mol. The number of carboxylic acids is 1. The number of benzene rings is 2. The average molecular weight is 622 g/mol. The average Bonchev–Trinajstić information content (AvgIpc) is 3.63. The molecule has 1 N–H and O–H groups in total. The Kier molecular flexibility index (Phi) is 10.8. The van der Waals surface area contributed by atoms with Crippen LogP contribution in [0.2, 0.25) is 0 Å². The molecule has 2 aromatic rings. The van der Waals surface area contributed by atoms with Crippen molar-refractivity contribution in [3.63, 3.8) is 0 Å². The minimum absolute atomic E-state index is 0.0489. The van der Waals surface area contributed by atoms with E-state index in [0.717, 1.165) is 61.8 Å². The quantitative estimate of drug-likeness (QED) is 0.298. The highest BCUT2D eigenvalue weighted by Crippen LogP contribution is 2.41. The van der Waals surface area contributed by atoms with Crippen molar-refractivity contribution in [1.82, 2.24) is 9.80 Å². The number of piperidine rings is 1. The lowest BCUT2D eigenvalue weighted by molar-refractivity contribution is -0.143. The molecular formula is C36H48FN3O5. The van der Waals surface area contributed by atoms with Crippen molar-refractivity contribution in [2.75, 3.05) is 37.7 Å². The maximum Gasteiger partial charge on any atom is 0.308 e. The molecule has 3 atom stereocenters. The van der Waals surface area contributed by atoms with E-state index in [0.29, 0.717) is 50.3 Å². The summed E-state index contributed by atoms with van der Waals surface area (Å²) in [6.07, 6.45) is 7.05. The lowest BCUT2D eigenvalue weighted by Gasteiger charge is -2.35. The molecule has 5 rings (SSSR count). The summed E-state index contributed by atoms with van der Waals surface area (Å²) < 4.78 is 20.0. The molecule has 9 heteroatoms. The van der Waals surface area contributed by atoms with Crippen molar-refractivity contribution in [3.8, 4) is 5.75 Å². The van der Waals surface area contributed by atoms with E-state index in [2.05, 4.69) is 19.9 Å². The van der Waals surface area contributed by atoms with E-state index < -0.39 is 17.9 Å². The van der Waals surface area contributed by atoms with Crippen LogP contribution >= 0.6 is 0 Å². The molecule has 2 amide bonds. The Labute approximate surface area is 266 Å². The molecule has 3 heterocycles. The second kappa shape index (κ2) is 14.8. The molecule has 45 heavy (non-hydrogen) atoms. The summed E-state index contributed by atoms with van der Waals surface area (Å²) in [7, 11) is 0. The number of likely N-dealkylation sites (tertiary alicyclic amines) is 2. The number of hydrogen-bond donors (Lipinski definition) is 1. The van der Waals surface area contributed by atoms with Gasteiger partial charge < -0.3 is 19.6 Å². The summed E-state index contributed by atoms with van der Waals surface area (Å²) in [6, 6.07) is 10.3. The smallest absolute Gasteiger partial charge is 0.308 e. The fraction of sp³-hybridized carbons (Fsp3) is 0.583. The summed E-state index contributed by atoms with van der Waals surface area (Å²) in [5.41, 5.74) is 3.18. The SMILES string of the molecule is CCCC(CCC)N(C(=O)CN1C[C@H](c2ccc3c(c2)CCO3)C(C(=O)O)[C@@H]1CCN1CCCCC1=O)c1ccc(F)c(C)c1. The minimum Gasteiger partial charge on any atom is -0.493 e. The third-order valence-corrected chi connectivity index (χ3v) is 9.93. The highest BCUT2D eigenvalue weighted by atomic mass is 19.1. The fourth-order valence-electron chi connectivity index (χ4n) is 7.67. The third kappa shape index (κ3) is 7.35. The number of rotatable bonds is 13. The number of carbonyl (C=O) groups excluding carboxylic acids is 2. The summed E-state index contributed by atoms with van der Waals surface area (Å²) >= 11 is 0. The zero-order chi connectivity index (χ0) is 32.1. The Balaban J connectivity index is 1.47. The van der Waals surface area contributed by atoms with Crippen LogP contribution in [0.1, 0.15) is 87.8 Å². The number of amides is 2. The van der Waals surface area contributed by atoms with Gasteiger partial charge in [-0.15, -0.1) is 0 Å². The van der Waals surface area contributed by atoms with Gasteiger partial charge in [0.2, 0.25) is 11.8 Å². The molecule has 1 unspecified atom stereocenters. The van der Waals surface area contributed by atoms with Crippen molar-refractivity contribution in [2.24, 2.45) is 5.92 Å². The second-order valence-electron chi connectivity index (χ2n) is 13.0. The Bertz CT molecular complexity index is 1380. The van der Waals surface area contributed by atoms with Crippen LogP contribution in [0.4, 0.5) is 10.1 Å². The normalized spacial score (nSPS) is 21.7. The number of fused-ring (bicyclic) bond motifs is 1. The van der Waals surface area contributed by atoms with Crippen LogP contribution in [0.5, 0.6) is 5.75 Å². The number of ether oxygens (including phenoxy) is 1. The van der Waals surface area contributed by atoms with Gasteiger partial charge in [0.1, 0.15) is 11.6 Å². The van der Waals surface area contributed by atoms with Gasteiger partial charge in [-0.3, -0.25) is 19.3 Å². The van der Waals surface area contributed by atoms with Crippen LogP contribution in [0, 0.1) is 18.7 Å². The van der Waals surface area contributed by atoms with Crippen molar-refractivity contribution in [3.05, 3.63) is 58.9 Å². The van der Waals surface area contributed by atoms with Crippen molar-refractivity contribution < 1.29 is 28.6 Å².